The number of likely N-dealkylation sites (tertiary alicyclic amines) is 1. The van der Waals surface area contributed by atoms with Crippen LogP contribution < -0.4 is 10.7 Å². The van der Waals surface area contributed by atoms with E-state index in [2.05, 4.69) is 59.2 Å². The fourth-order valence-electron chi connectivity index (χ4n) is 9.53. The molecule has 3 aliphatic heterocycles. The maximum Gasteiger partial charge on any atom is 0.324 e. The van der Waals surface area contributed by atoms with E-state index in [1.165, 1.54) is 9.91 Å². The number of hydrogen-bond acceptors (Lipinski definition) is 10. The molecule has 62 heavy (non-hydrogen) atoms. The second kappa shape index (κ2) is 18.2. The number of aryl methyl sites for hydroxylation is 1. The zero-order valence-electron chi connectivity index (χ0n) is 37.7. The average molecular weight is 850 g/mol. The van der Waals surface area contributed by atoms with Crippen LogP contribution in [0.3, 0.4) is 0 Å². The van der Waals surface area contributed by atoms with Crippen LogP contribution in [0.5, 0.6) is 5.75 Å². The number of carbonyl (C=O) groups is 4. The molecule has 5 heterocycles. The van der Waals surface area contributed by atoms with Gasteiger partial charge in [-0.25, -0.2) is 5.43 Å². The molecule has 2 aromatic carbocycles. The summed E-state index contributed by atoms with van der Waals surface area (Å²) in [6, 6.07) is 12.9. The normalized spacial score (nSPS) is 20.9. The topological polar surface area (TPSA) is 159 Å². The van der Waals surface area contributed by atoms with Crippen molar-refractivity contribution < 1.29 is 33.8 Å². The van der Waals surface area contributed by atoms with E-state index in [0.717, 1.165) is 44.5 Å². The molecular weight excluding hydrogens is 787 g/mol. The van der Waals surface area contributed by atoms with Gasteiger partial charge in [-0.1, -0.05) is 39.8 Å². The van der Waals surface area contributed by atoms with Crippen LogP contribution in [-0.2, 0) is 48.0 Å². The molecule has 2 aromatic heterocycles. The molecule has 332 valence electrons. The number of rotatable bonds is 9. The number of hydrogen-bond donors (Lipinski definition) is 3. The number of phenols is 1. The molecule has 3 aliphatic rings. The first-order valence-electron chi connectivity index (χ1n) is 22.0. The Bertz CT molecular complexity index is 2330. The van der Waals surface area contributed by atoms with Crippen molar-refractivity contribution in [3.63, 3.8) is 0 Å². The lowest BCUT2D eigenvalue weighted by molar-refractivity contribution is -0.155. The standard InChI is InChI=1S/C48H63N7O7/c1-10-54-40-16-15-31-23-36(40)37(43(54)35-13-11-17-49-41(35)29(4)61-9)24-48(5,6)27-62-47(60)38-14-12-18-55(51-38)46(59)39(21-30-19-32(31)22-34(56)20-30)50-44(57)42(28(2)3)53(8)45(58)33-25-52(7)26-33/h11,13,15-17,19-20,22-23,28-29,33,38-39,42,51,56H,10,12,14,18,21,24-27H2,1-9H3,(H,50,57)/t29-,38-,39-,42-/m0/s1. The third kappa shape index (κ3) is 9.09. The minimum absolute atomic E-state index is 0.0148. The van der Waals surface area contributed by atoms with Gasteiger partial charge in [0, 0.05) is 74.8 Å². The quantitative estimate of drug-likeness (QED) is 0.184. The van der Waals surface area contributed by atoms with E-state index in [-0.39, 0.29) is 42.6 Å². The van der Waals surface area contributed by atoms with Crippen LogP contribution in [0.2, 0.25) is 0 Å². The lowest BCUT2D eigenvalue weighted by Gasteiger charge is -2.40. The molecule has 4 aromatic rings. The van der Waals surface area contributed by atoms with Crippen LogP contribution in [-0.4, -0.2) is 119 Å². The predicted octanol–water partition coefficient (Wildman–Crippen LogP) is 5.50. The molecule has 0 spiro atoms. The third-order valence-corrected chi connectivity index (χ3v) is 12.8. The molecule has 3 amide bonds. The van der Waals surface area contributed by atoms with Gasteiger partial charge < -0.3 is 34.3 Å². The predicted molar refractivity (Wildman–Crippen MR) is 238 cm³/mol. The molecule has 3 N–H and O–H groups in total. The number of phenolic OH excluding ortho intramolecular Hbond substituents is 1. The molecule has 4 atom stereocenters. The van der Waals surface area contributed by atoms with E-state index >= 15 is 0 Å². The van der Waals surface area contributed by atoms with Crippen molar-refractivity contribution in [2.24, 2.45) is 17.3 Å². The highest BCUT2D eigenvalue weighted by atomic mass is 16.5. The molecule has 2 saturated heterocycles. The first-order chi connectivity index (χ1) is 29.5. The number of benzene rings is 2. The van der Waals surface area contributed by atoms with Crippen molar-refractivity contribution in [3.05, 3.63) is 71.5 Å². The number of carbonyl (C=O) groups excluding carboxylic acids is 4. The fourth-order valence-corrected chi connectivity index (χ4v) is 9.53. The van der Waals surface area contributed by atoms with E-state index in [0.29, 0.717) is 51.0 Å². The van der Waals surface area contributed by atoms with Crippen LogP contribution in [0.4, 0.5) is 0 Å². The van der Waals surface area contributed by atoms with Gasteiger partial charge in [0.05, 0.1) is 30.0 Å². The van der Waals surface area contributed by atoms with Gasteiger partial charge in [-0.2, -0.15) is 0 Å². The molecule has 6 bridgehead atoms. The van der Waals surface area contributed by atoms with Crippen LogP contribution >= 0.6 is 0 Å². The van der Waals surface area contributed by atoms with Crippen LogP contribution in [0.1, 0.15) is 77.3 Å². The maximum atomic E-state index is 14.6. The summed E-state index contributed by atoms with van der Waals surface area (Å²) in [7, 11) is 5.28. The van der Waals surface area contributed by atoms with Crippen LogP contribution in [0.15, 0.2) is 54.7 Å². The molecule has 2 fully saturated rings. The summed E-state index contributed by atoms with van der Waals surface area (Å²) in [5.41, 5.74) is 9.73. The van der Waals surface area contributed by atoms with Gasteiger partial charge in [0.2, 0.25) is 11.8 Å². The summed E-state index contributed by atoms with van der Waals surface area (Å²) >= 11 is 0. The second-order valence-corrected chi connectivity index (χ2v) is 18.6. The lowest BCUT2D eigenvalue weighted by atomic mass is 9.84. The molecule has 0 saturated carbocycles. The number of hydrazine groups is 1. The van der Waals surface area contributed by atoms with Crippen molar-refractivity contribution in [1.82, 2.24) is 35.1 Å². The summed E-state index contributed by atoms with van der Waals surface area (Å²) in [4.78, 5) is 64.7. The first-order valence-corrected chi connectivity index (χ1v) is 22.0. The fraction of sp³-hybridized carbons (Fsp3) is 0.521. The number of cyclic esters (lactones) is 1. The minimum atomic E-state index is -1.10. The Kier molecular flexibility index (Phi) is 13.1. The summed E-state index contributed by atoms with van der Waals surface area (Å²) < 4.78 is 14.2. The Morgan fingerprint density at radius 2 is 1.85 bits per heavy atom. The molecule has 0 unspecified atom stereocenters. The molecular formula is C48H63N7O7. The van der Waals surface area contributed by atoms with Crippen molar-refractivity contribution in [2.45, 2.75) is 98.0 Å². The monoisotopic (exact) mass is 849 g/mol. The van der Waals surface area contributed by atoms with Crippen LogP contribution in [0.25, 0.3) is 33.3 Å². The number of aromatic nitrogens is 2. The number of amides is 3. The van der Waals surface area contributed by atoms with E-state index in [9.17, 15) is 24.3 Å². The highest BCUT2D eigenvalue weighted by Gasteiger charge is 2.40. The number of pyridine rings is 1. The molecule has 14 nitrogen and oxygen atoms in total. The van der Waals surface area contributed by atoms with Crippen molar-refractivity contribution >= 4 is 34.6 Å². The number of likely N-dealkylation sites (N-methyl/N-ethyl adjacent to an activating group) is 1. The van der Waals surface area contributed by atoms with Crippen molar-refractivity contribution in [2.75, 3.05) is 47.4 Å². The summed E-state index contributed by atoms with van der Waals surface area (Å²) in [6.07, 6.45) is 3.11. The van der Waals surface area contributed by atoms with Gasteiger partial charge in [-0.05, 0) is 105 Å². The average Bonchev–Trinajstić information content (AvgIpc) is 3.54. The van der Waals surface area contributed by atoms with Gasteiger partial charge >= 0.3 is 5.97 Å². The van der Waals surface area contributed by atoms with Gasteiger partial charge in [-0.3, -0.25) is 29.2 Å². The van der Waals surface area contributed by atoms with E-state index in [4.69, 9.17) is 14.5 Å². The van der Waals surface area contributed by atoms with E-state index in [1.54, 1.807) is 32.5 Å². The number of nitrogens with one attached hydrogen (secondary N) is 2. The Labute approximate surface area is 364 Å². The Morgan fingerprint density at radius 1 is 1.10 bits per heavy atom. The largest absolute Gasteiger partial charge is 0.508 e. The first kappa shape index (κ1) is 44.7. The number of aromatic hydroxyl groups is 1. The molecule has 0 aliphatic carbocycles. The van der Waals surface area contributed by atoms with Gasteiger partial charge in [0.15, 0.2) is 0 Å². The highest BCUT2D eigenvalue weighted by Crippen LogP contribution is 2.42. The lowest BCUT2D eigenvalue weighted by Crippen LogP contribution is -2.63. The molecule has 7 rings (SSSR count). The summed E-state index contributed by atoms with van der Waals surface area (Å²) in [5.74, 6) is -1.89. The van der Waals surface area contributed by atoms with Gasteiger partial charge in [-0.15, -0.1) is 0 Å². The SMILES string of the molecule is CCn1c(-c2cccnc2[C@H](C)OC)c2c3cc(ccc31)-c1cc(O)cc(c1)C[C@H](NC(=O)[C@H](C(C)C)N(C)C(=O)C1CN(C)C1)C(=O)N1CCC[C@H](N1)C(=O)OCC(C)(C)C2. The number of nitrogens with zero attached hydrogens (tertiary/aromatic N) is 5. The number of methoxy groups -OCH3 is 1. The zero-order chi connectivity index (χ0) is 44.6. The Balaban J connectivity index is 1.34. The number of esters is 1. The highest BCUT2D eigenvalue weighted by molar-refractivity contribution is 5.96. The summed E-state index contributed by atoms with van der Waals surface area (Å²) in [6.45, 7) is 14.4. The van der Waals surface area contributed by atoms with Gasteiger partial charge in [0.25, 0.3) is 5.91 Å². The second-order valence-electron chi connectivity index (χ2n) is 18.6. The van der Waals surface area contributed by atoms with Gasteiger partial charge in [0.1, 0.15) is 23.9 Å². The maximum absolute atomic E-state index is 14.6. The third-order valence-electron chi connectivity index (χ3n) is 12.8. The van der Waals surface area contributed by atoms with Crippen LogP contribution in [0, 0.1) is 17.3 Å². The molecule has 0 radical (unpaired) electrons. The molecule has 14 heteroatoms. The smallest absolute Gasteiger partial charge is 0.324 e. The minimum Gasteiger partial charge on any atom is -0.508 e. The van der Waals surface area contributed by atoms with Crippen molar-refractivity contribution in [1.29, 1.82) is 0 Å². The number of ether oxygens (including phenoxy) is 2. The number of fused-ring (bicyclic) bond motifs is 6. The van der Waals surface area contributed by atoms with E-state index < -0.39 is 41.3 Å². The Hall–Kier alpha value is -5.31. The van der Waals surface area contributed by atoms with Crippen molar-refractivity contribution in [3.8, 4) is 28.1 Å². The zero-order valence-corrected chi connectivity index (χ0v) is 37.7. The summed E-state index contributed by atoms with van der Waals surface area (Å²) in [5, 5.41) is 16.7. The van der Waals surface area contributed by atoms with E-state index in [1.807, 2.05) is 46.0 Å². The Morgan fingerprint density at radius 3 is 2.55 bits per heavy atom.